The van der Waals surface area contributed by atoms with Crippen molar-refractivity contribution in [2.75, 3.05) is 12.9 Å². The Bertz CT molecular complexity index is 866. The van der Waals surface area contributed by atoms with Gasteiger partial charge in [0.05, 0.1) is 12.9 Å². The molecule has 0 bridgehead atoms. The average molecular weight is 398 g/mol. The normalized spacial score (nSPS) is 10.6. The Morgan fingerprint density at radius 1 is 1.04 bits per heavy atom. The van der Waals surface area contributed by atoms with E-state index < -0.39 is 0 Å². The standard InChI is InChI=1S/C21H23N3O3S/c1-26-18-12-10-16(11-13-18)8-5-9-20-23-24-21(27-20)28-15-19(25)22-14-17-6-3-2-4-7-17/h2-4,6-7,10-13H,5,8-9,14-15H2,1H3,(H,22,25). The van der Waals surface area contributed by atoms with Crippen LogP contribution in [0.5, 0.6) is 5.75 Å². The number of carbonyl (C=O) groups is 1. The van der Waals surface area contributed by atoms with Gasteiger partial charge in [-0.1, -0.05) is 54.2 Å². The van der Waals surface area contributed by atoms with Gasteiger partial charge >= 0.3 is 0 Å². The van der Waals surface area contributed by atoms with Crippen molar-refractivity contribution in [2.45, 2.75) is 31.0 Å². The molecule has 1 amide bonds. The summed E-state index contributed by atoms with van der Waals surface area (Å²) in [5.74, 6) is 1.64. The van der Waals surface area contributed by atoms with E-state index in [0.29, 0.717) is 24.1 Å². The molecule has 146 valence electrons. The van der Waals surface area contributed by atoms with Gasteiger partial charge < -0.3 is 14.5 Å². The Morgan fingerprint density at radius 3 is 2.57 bits per heavy atom. The molecule has 0 saturated heterocycles. The van der Waals surface area contributed by atoms with Crippen LogP contribution in [0.1, 0.15) is 23.4 Å². The Labute approximate surface area is 168 Å². The maximum absolute atomic E-state index is 11.9. The maximum atomic E-state index is 11.9. The Balaban J connectivity index is 1.35. The molecule has 0 fully saturated rings. The highest BCUT2D eigenvalue weighted by atomic mass is 32.2. The van der Waals surface area contributed by atoms with Crippen LogP contribution in [0.4, 0.5) is 0 Å². The Morgan fingerprint density at radius 2 is 1.82 bits per heavy atom. The van der Waals surface area contributed by atoms with Gasteiger partial charge in [0.15, 0.2) is 0 Å². The predicted octanol–water partition coefficient (Wildman–Crippen LogP) is 3.66. The Kier molecular flexibility index (Phi) is 7.49. The van der Waals surface area contributed by atoms with Crippen LogP contribution in [-0.2, 0) is 24.2 Å². The molecular formula is C21H23N3O3S. The maximum Gasteiger partial charge on any atom is 0.277 e. The number of thioether (sulfide) groups is 1. The molecule has 1 N–H and O–H groups in total. The number of hydrogen-bond acceptors (Lipinski definition) is 6. The minimum absolute atomic E-state index is 0.0619. The molecule has 3 rings (SSSR count). The highest BCUT2D eigenvalue weighted by molar-refractivity contribution is 7.99. The number of amides is 1. The molecule has 2 aromatic carbocycles. The first-order chi connectivity index (χ1) is 13.7. The lowest BCUT2D eigenvalue weighted by Crippen LogP contribution is -2.24. The lowest BCUT2D eigenvalue weighted by molar-refractivity contribution is -0.118. The largest absolute Gasteiger partial charge is 0.497 e. The number of aromatic nitrogens is 2. The van der Waals surface area contributed by atoms with Gasteiger partial charge in [-0.2, -0.15) is 0 Å². The first-order valence-corrected chi connectivity index (χ1v) is 10.1. The summed E-state index contributed by atoms with van der Waals surface area (Å²) in [5.41, 5.74) is 2.31. The van der Waals surface area contributed by atoms with Gasteiger partial charge in [-0.25, -0.2) is 0 Å². The van der Waals surface area contributed by atoms with Crippen molar-refractivity contribution < 1.29 is 13.9 Å². The summed E-state index contributed by atoms with van der Waals surface area (Å²) in [7, 11) is 1.66. The average Bonchev–Trinajstić information content (AvgIpc) is 3.20. The lowest BCUT2D eigenvalue weighted by atomic mass is 10.1. The van der Waals surface area contributed by atoms with Crippen molar-refractivity contribution in [2.24, 2.45) is 0 Å². The lowest BCUT2D eigenvalue weighted by Gasteiger charge is -2.03. The number of nitrogens with one attached hydrogen (secondary N) is 1. The van der Waals surface area contributed by atoms with Crippen LogP contribution in [0.15, 0.2) is 64.2 Å². The fourth-order valence-electron chi connectivity index (χ4n) is 2.61. The number of nitrogens with zero attached hydrogens (tertiary/aromatic N) is 2. The number of methoxy groups -OCH3 is 1. The SMILES string of the molecule is COc1ccc(CCCc2nnc(SCC(=O)NCc3ccccc3)o2)cc1. The van der Waals surface area contributed by atoms with Crippen LogP contribution in [0, 0.1) is 0 Å². The van der Waals surface area contributed by atoms with Gasteiger partial charge in [0.25, 0.3) is 5.22 Å². The van der Waals surface area contributed by atoms with Gasteiger partial charge in [0.2, 0.25) is 11.8 Å². The third-order valence-corrected chi connectivity index (χ3v) is 4.94. The molecule has 0 unspecified atom stereocenters. The highest BCUT2D eigenvalue weighted by Gasteiger charge is 2.10. The second-order valence-corrected chi connectivity index (χ2v) is 7.14. The monoisotopic (exact) mass is 397 g/mol. The van der Waals surface area contributed by atoms with Crippen molar-refractivity contribution in [3.05, 3.63) is 71.6 Å². The molecule has 6 nitrogen and oxygen atoms in total. The van der Waals surface area contributed by atoms with Crippen molar-refractivity contribution in [3.8, 4) is 5.75 Å². The second kappa shape index (κ2) is 10.5. The van der Waals surface area contributed by atoms with E-state index in [-0.39, 0.29) is 11.7 Å². The summed E-state index contributed by atoms with van der Waals surface area (Å²) in [6.07, 6.45) is 2.55. The molecule has 0 aliphatic heterocycles. The number of ether oxygens (including phenoxy) is 1. The van der Waals surface area contributed by atoms with Crippen LogP contribution < -0.4 is 10.1 Å². The molecule has 0 aliphatic rings. The minimum atomic E-state index is -0.0619. The summed E-state index contributed by atoms with van der Waals surface area (Å²) < 4.78 is 10.8. The smallest absolute Gasteiger partial charge is 0.277 e. The zero-order valence-corrected chi connectivity index (χ0v) is 16.6. The van der Waals surface area contributed by atoms with E-state index in [1.54, 1.807) is 7.11 Å². The number of rotatable bonds is 10. The summed E-state index contributed by atoms with van der Waals surface area (Å²) in [5, 5.41) is 11.4. The molecule has 0 aliphatic carbocycles. The fourth-order valence-corrected chi connectivity index (χ4v) is 3.22. The molecule has 0 radical (unpaired) electrons. The van der Waals surface area contributed by atoms with Gasteiger partial charge in [-0.3, -0.25) is 4.79 Å². The topological polar surface area (TPSA) is 77.2 Å². The van der Waals surface area contributed by atoms with Crippen LogP contribution >= 0.6 is 11.8 Å². The number of aryl methyl sites for hydroxylation is 2. The third-order valence-electron chi connectivity index (χ3n) is 4.12. The summed E-state index contributed by atoms with van der Waals surface area (Å²) in [4.78, 5) is 11.9. The van der Waals surface area contributed by atoms with Crippen molar-refractivity contribution in [1.29, 1.82) is 0 Å². The minimum Gasteiger partial charge on any atom is -0.497 e. The molecule has 1 heterocycles. The molecule has 0 atom stereocenters. The van der Waals surface area contributed by atoms with Crippen LogP contribution in [0.25, 0.3) is 0 Å². The molecule has 7 heteroatoms. The predicted molar refractivity (Wildman–Crippen MR) is 108 cm³/mol. The van der Waals surface area contributed by atoms with Gasteiger partial charge in [0, 0.05) is 13.0 Å². The van der Waals surface area contributed by atoms with Crippen molar-refractivity contribution in [3.63, 3.8) is 0 Å². The number of hydrogen-bond donors (Lipinski definition) is 1. The first kappa shape index (κ1) is 19.9. The summed E-state index contributed by atoms with van der Waals surface area (Å²) >= 11 is 1.25. The first-order valence-electron chi connectivity index (χ1n) is 9.11. The highest BCUT2D eigenvalue weighted by Crippen LogP contribution is 2.18. The third kappa shape index (κ3) is 6.42. The molecule has 0 spiro atoms. The van der Waals surface area contributed by atoms with E-state index in [4.69, 9.17) is 9.15 Å². The van der Waals surface area contributed by atoms with Crippen LogP contribution in [0.3, 0.4) is 0 Å². The van der Waals surface area contributed by atoms with E-state index in [9.17, 15) is 4.79 Å². The van der Waals surface area contributed by atoms with Crippen LogP contribution in [0.2, 0.25) is 0 Å². The van der Waals surface area contributed by atoms with E-state index >= 15 is 0 Å². The van der Waals surface area contributed by atoms with Gasteiger partial charge in [-0.15, -0.1) is 10.2 Å². The molecule has 3 aromatic rings. The summed E-state index contributed by atoms with van der Waals surface area (Å²) in [6, 6.07) is 17.8. The zero-order chi connectivity index (χ0) is 19.6. The van der Waals surface area contributed by atoms with Gasteiger partial charge in [-0.05, 0) is 36.1 Å². The van der Waals surface area contributed by atoms with Crippen molar-refractivity contribution in [1.82, 2.24) is 15.5 Å². The Hall–Kier alpha value is -2.80. The van der Waals surface area contributed by atoms with E-state index in [0.717, 1.165) is 24.2 Å². The number of benzene rings is 2. The van der Waals surface area contributed by atoms with Crippen LogP contribution in [-0.4, -0.2) is 29.0 Å². The fraction of sp³-hybridized carbons (Fsp3) is 0.286. The van der Waals surface area contributed by atoms with E-state index in [1.807, 2.05) is 42.5 Å². The molecule has 28 heavy (non-hydrogen) atoms. The molecule has 0 saturated carbocycles. The molecule has 1 aromatic heterocycles. The van der Waals surface area contributed by atoms with E-state index in [1.165, 1.54) is 17.3 Å². The second-order valence-electron chi connectivity index (χ2n) is 6.21. The van der Waals surface area contributed by atoms with Crippen molar-refractivity contribution >= 4 is 17.7 Å². The molecular weight excluding hydrogens is 374 g/mol. The van der Waals surface area contributed by atoms with Gasteiger partial charge in [0.1, 0.15) is 5.75 Å². The van der Waals surface area contributed by atoms with E-state index in [2.05, 4.69) is 27.6 Å². The summed E-state index contributed by atoms with van der Waals surface area (Å²) in [6.45, 7) is 0.515. The number of carbonyl (C=O) groups excluding carboxylic acids is 1. The zero-order valence-electron chi connectivity index (χ0n) is 15.8. The quantitative estimate of drug-likeness (QED) is 0.526.